The van der Waals surface area contributed by atoms with Crippen LogP contribution in [0.1, 0.15) is 53.4 Å². The Bertz CT molecular complexity index is 341. The zero-order valence-electron chi connectivity index (χ0n) is 11.4. The third-order valence-corrected chi connectivity index (χ3v) is 2.85. The molecule has 0 aromatic carbocycles. The van der Waals surface area contributed by atoms with Crippen LogP contribution in [0.25, 0.3) is 0 Å². The van der Waals surface area contributed by atoms with E-state index in [2.05, 4.69) is 0 Å². The van der Waals surface area contributed by atoms with Crippen LogP contribution >= 0.6 is 0 Å². The minimum atomic E-state index is -1.41. The predicted molar refractivity (Wildman–Crippen MR) is 66.3 cm³/mol. The fraction of sp³-hybridized carbons (Fsp3) is 0.769. The Kier molecular flexibility index (Phi) is 5.52. The highest BCUT2D eigenvalue weighted by molar-refractivity contribution is 6.32. The molecule has 0 aliphatic rings. The second-order valence-corrected chi connectivity index (χ2v) is 6.30. The van der Waals surface area contributed by atoms with Gasteiger partial charge in [0.05, 0.1) is 6.42 Å². The number of carboxylic acids is 2. The van der Waals surface area contributed by atoms with Crippen LogP contribution in [0.2, 0.25) is 0 Å². The molecule has 0 saturated heterocycles. The largest absolute Gasteiger partial charge is 0.481 e. The van der Waals surface area contributed by atoms with Gasteiger partial charge in [-0.25, -0.2) is 4.79 Å². The van der Waals surface area contributed by atoms with Crippen molar-refractivity contribution in [1.29, 1.82) is 0 Å². The van der Waals surface area contributed by atoms with Gasteiger partial charge in [-0.15, -0.1) is 0 Å². The molecule has 0 saturated carbocycles. The molecule has 0 bridgehead atoms. The van der Waals surface area contributed by atoms with Crippen molar-refractivity contribution in [3.8, 4) is 0 Å². The number of rotatable bonds is 8. The second-order valence-electron chi connectivity index (χ2n) is 6.30. The van der Waals surface area contributed by atoms with Gasteiger partial charge in [0.1, 0.15) is 0 Å². The molecule has 5 nitrogen and oxygen atoms in total. The highest BCUT2D eigenvalue weighted by atomic mass is 16.4. The first-order valence-corrected chi connectivity index (χ1v) is 5.93. The van der Waals surface area contributed by atoms with E-state index < -0.39 is 17.7 Å². The normalized spacial score (nSPS) is 12.2. The van der Waals surface area contributed by atoms with E-state index in [1.807, 2.05) is 27.7 Å². The first kappa shape index (κ1) is 16.6. The van der Waals surface area contributed by atoms with Gasteiger partial charge < -0.3 is 10.2 Å². The van der Waals surface area contributed by atoms with Crippen molar-refractivity contribution < 1.29 is 24.6 Å². The maximum atomic E-state index is 11.0. The fourth-order valence-electron chi connectivity index (χ4n) is 2.41. The SMILES string of the molecule is CC(C)(CCC(=O)C(=O)O)CC(C)(C)CC(=O)O. The van der Waals surface area contributed by atoms with Gasteiger partial charge in [0.15, 0.2) is 0 Å². The molecular formula is C13H22O5. The van der Waals surface area contributed by atoms with Crippen LogP contribution in [0.15, 0.2) is 0 Å². The van der Waals surface area contributed by atoms with E-state index in [1.165, 1.54) is 0 Å². The van der Waals surface area contributed by atoms with E-state index in [4.69, 9.17) is 10.2 Å². The van der Waals surface area contributed by atoms with Crippen molar-refractivity contribution >= 4 is 17.7 Å². The lowest BCUT2D eigenvalue weighted by atomic mass is 9.71. The Hall–Kier alpha value is -1.39. The molecule has 0 amide bonds. The van der Waals surface area contributed by atoms with Crippen LogP contribution in [0.4, 0.5) is 0 Å². The molecule has 0 aliphatic carbocycles. The summed E-state index contributed by atoms with van der Waals surface area (Å²) in [5, 5.41) is 17.3. The van der Waals surface area contributed by atoms with Crippen LogP contribution in [-0.2, 0) is 14.4 Å². The van der Waals surface area contributed by atoms with Gasteiger partial charge >= 0.3 is 11.9 Å². The summed E-state index contributed by atoms with van der Waals surface area (Å²) >= 11 is 0. The zero-order valence-corrected chi connectivity index (χ0v) is 11.4. The fourth-order valence-corrected chi connectivity index (χ4v) is 2.41. The molecule has 0 unspecified atom stereocenters. The summed E-state index contributed by atoms with van der Waals surface area (Å²) < 4.78 is 0. The number of hydrogen-bond acceptors (Lipinski definition) is 3. The molecule has 104 valence electrons. The van der Waals surface area contributed by atoms with E-state index in [0.29, 0.717) is 12.8 Å². The minimum absolute atomic E-state index is 0.00845. The predicted octanol–water partition coefficient (Wildman–Crippen LogP) is 2.34. The number of ketones is 1. The van der Waals surface area contributed by atoms with E-state index in [9.17, 15) is 14.4 Å². The first-order valence-electron chi connectivity index (χ1n) is 5.93. The van der Waals surface area contributed by atoms with Crippen LogP contribution in [0.5, 0.6) is 0 Å². The number of aliphatic carboxylic acids is 2. The lowest BCUT2D eigenvalue weighted by Gasteiger charge is -2.34. The zero-order chi connectivity index (χ0) is 14.6. The molecule has 0 fully saturated rings. The third kappa shape index (κ3) is 7.04. The number of carbonyl (C=O) groups is 3. The van der Waals surface area contributed by atoms with Crippen molar-refractivity contribution in [2.75, 3.05) is 0 Å². The van der Waals surface area contributed by atoms with E-state index >= 15 is 0 Å². The van der Waals surface area contributed by atoms with Crippen molar-refractivity contribution in [1.82, 2.24) is 0 Å². The summed E-state index contributed by atoms with van der Waals surface area (Å²) in [6.07, 6.45) is 1.12. The van der Waals surface area contributed by atoms with Gasteiger partial charge in [-0.2, -0.15) is 0 Å². The topological polar surface area (TPSA) is 91.7 Å². The van der Waals surface area contributed by atoms with Crippen LogP contribution < -0.4 is 0 Å². The van der Waals surface area contributed by atoms with Gasteiger partial charge in [0.25, 0.3) is 0 Å². The molecular weight excluding hydrogens is 236 g/mol. The van der Waals surface area contributed by atoms with E-state index in [0.717, 1.165) is 0 Å². The summed E-state index contributed by atoms with van der Waals surface area (Å²) in [4.78, 5) is 32.2. The Morgan fingerprint density at radius 1 is 0.944 bits per heavy atom. The molecule has 0 aromatic heterocycles. The van der Waals surface area contributed by atoms with Crippen LogP contribution in [-0.4, -0.2) is 27.9 Å². The number of Topliss-reactive ketones (excluding diaryl/α,β-unsaturated/α-hetero) is 1. The van der Waals surface area contributed by atoms with Gasteiger partial charge in [-0.05, 0) is 23.7 Å². The maximum Gasteiger partial charge on any atom is 0.372 e. The van der Waals surface area contributed by atoms with Gasteiger partial charge in [-0.1, -0.05) is 27.7 Å². The molecule has 0 heterocycles. The summed E-state index contributed by atoms with van der Waals surface area (Å²) in [5.74, 6) is -3.05. The highest BCUT2D eigenvalue weighted by Gasteiger charge is 2.31. The quantitative estimate of drug-likeness (QED) is 0.652. The molecule has 0 atom stereocenters. The summed E-state index contributed by atoms with van der Waals surface area (Å²) in [5.41, 5.74) is -0.633. The first-order chi connectivity index (χ1) is 7.95. The lowest BCUT2D eigenvalue weighted by molar-refractivity contribution is -0.149. The molecule has 0 spiro atoms. The maximum absolute atomic E-state index is 11.0. The molecule has 18 heavy (non-hydrogen) atoms. The highest BCUT2D eigenvalue weighted by Crippen LogP contribution is 2.39. The standard InChI is InChI=1S/C13H22O5/c1-12(2,6-5-9(14)11(17)18)8-13(3,4)7-10(15)16/h5-8H2,1-4H3,(H,15,16)(H,17,18). The molecule has 5 heteroatoms. The average molecular weight is 258 g/mol. The Labute approximate surface area is 107 Å². The number of hydrogen-bond donors (Lipinski definition) is 2. The Morgan fingerprint density at radius 3 is 1.83 bits per heavy atom. The van der Waals surface area contributed by atoms with E-state index in [-0.39, 0.29) is 23.7 Å². The number of carbonyl (C=O) groups excluding carboxylic acids is 1. The molecule has 0 radical (unpaired) electrons. The van der Waals surface area contributed by atoms with Crippen LogP contribution in [0, 0.1) is 10.8 Å². The van der Waals surface area contributed by atoms with Crippen molar-refractivity contribution in [2.24, 2.45) is 10.8 Å². The smallest absolute Gasteiger partial charge is 0.372 e. The Morgan fingerprint density at radius 2 is 1.44 bits per heavy atom. The van der Waals surface area contributed by atoms with Crippen molar-refractivity contribution in [3.05, 3.63) is 0 Å². The summed E-state index contributed by atoms with van der Waals surface area (Å²) in [6, 6.07) is 0. The van der Waals surface area contributed by atoms with Gasteiger partial charge in [0.2, 0.25) is 5.78 Å². The van der Waals surface area contributed by atoms with Gasteiger partial charge in [0, 0.05) is 6.42 Å². The third-order valence-electron chi connectivity index (χ3n) is 2.85. The molecule has 0 rings (SSSR count). The molecule has 2 N–H and O–H groups in total. The number of carboxylic acid groups (broad SMARTS) is 2. The average Bonchev–Trinajstić information content (AvgIpc) is 2.09. The van der Waals surface area contributed by atoms with Crippen molar-refractivity contribution in [2.45, 2.75) is 53.4 Å². The van der Waals surface area contributed by atoms with Crippen molar-refractivity contribution in [3.63, 3.8) is 0 Å². The monoisotopic (exact) mass is 258 g/mol. The summed E-state index contributed by atoms with van der Waals surface area (Å²) in [6.45, 7) is 7.57. The minimum Gasteiger partial charge on any atom is -0.481 e. The van der Waals surface area contributed by atoms with Gasteiger partial charge in [-0.3, -0.25) is 9.59 Å². The van der Waals surface area contributed by atoms with Crippen LogP contribution in [0.3, 0.4) is 0 Å². The summed E-state index contributed by atoms with van der Waals surface area (Å²) in [7, 11) is 0. The van der Waals surface area contributed by atoms with E-state index in [1.54, 1.807) is 0 Å². The molecule has 0 aromatic rings. The lowest BCUT2D eigenvalue weighted by Crippen LogP contribution is -2.27. The second kappa shape index (κ2) is 5.98. The Balaban J connectivity index is 4.42. The molecule has 0 aliphatic heterocycles.